The Balaban J connectivity index is 1.47. The Labute approximate surface area is 213 Å². The second-order valence-corrected chi connectivity index (χ2v) is 8.99. The number of ether oxygens (including phenoxy) is 3. The highest BCUT2D eigenvalue weighted by atomic mass is 32.2. The minimum atomic E-state index is -0.111. The monoisotopic (exact) mass is 499 g/mol. The number of hydrogen-bond donors (Lipinski definition) is 1. The molecule has 4 aromatic rings. The molecule has 36 heavy (non-hydrogen) atoms. The summed E-state index contributed by atoms with van der Waals surface area (Å²) in [6, 6.07) is 22.8. The largest absolute Gasteiger partial charge is 0.497 e. The highest BCUT2D eigenvalue weighted by molar-refractivity contribution is 8.00. The summed E-state index contributed by atoms with van der Waals surface area (Å²) in [5.41, 5.74) is 3.42. The molecular weight excluding hydrogens is 474 g/mol. The smallest absolute Gasteiger partial charge is 0.234 e. The van der Waals surface area contributed by atoms with Crippen LogP contribution in [0.1, 0.15) is 18.1 Å². The number of aromatic nitrogens is 2. The maximum atomic E-state index is 12.7. The van der Waals surface area contributed by atoms with Gasteiger partial charge in [-0.1, -0.05) is 42.1 Å². The van der Waals surface area contributed by atoms with Crippen LogP contribution in [0.2, 0.25) is 0 Å². The number of carbonyl (C=O) groups excluding carboxylic acids is 1. The van der Waals surface area contributed by atoms with Crippen LogP contribution in [0, 0.1) is 0 Å². The Morgan fingerprint density at radius 1 is 1.03 bits per heavy atom. The van der Waals surface area contributed by atoms with E-state index in [4.69, 9.17) is 24.2 Å². The quantitative estimate of drug-likeness (QED) is 0.208. The zero-order chi connectivity index (χ0) is 24.9. The molecule has 3 aromatic carbocycles. The minimum absolute atomic E-state index is 0.111. The van der Waals surface area contributed by atoms with Crippen molar-refractivity contribution in [2.75, 3.05) is 24.8 Å². The van der Waals surface area contributed by atoms with Gasteiger partial charge in [0.2, 0.25) is 11.8 Å². The molecule has 8 heteroatoms. The summed E-state index contributed by atoms with van der Waals surface area (Å²) in [4.78, 5) is 22.3. The number of anilines is 1. The van der Waals surface area contributed by atoms with E-state index in [1.54, 1.807) is 7.11 Å². The number of hydrogen-bond acceptors (Lipinski definition) is 7. The molecule has 0 radical (unpaired) electrons. The third-order valence-electron chi connectivity index (χ3n) is 5.60. The fraction of sp³-hybridized carbons (Fsp3) is 0.179. The van der Waals surface area contributed by atoms with E-state index in [0.717, 1.165) is 28.1 Å². The summed E-state index contributed by atoms with van der Waals surface area (Å²) < 4.78 is 17.4. The van der Waals surface area contributed by atoms with E-state index in [2.05, 4.69) is 5.32 Å². The molecule has 0 aliphatic carbocycles. The first-order valence-corrected chi connectivity index (χ1v) is 12.6. The maximum absolute atomic E-state index is 12.7. The number of nitrogens with zero attached hydrogens (tertiary/aromatic N) is 2. The molecule has 1 aromatic heterocycles. The van der Waals surface area contributed by atoms with Gasteiger partial charge in [0, 0.05) is 23.2 Å². The van der Waals surface area contributed by atoms with Crippen molar-refractivity contribution in [3.05, 3.63) is 83.9 Å². The molecule has 1 aliphatic rings. The number of benzene rings is 3. The molecular formula is C28H25N3O4S. The number of methoxy groups -OCH3 is 1. The van der Waals surface area contributed by atoms with Crippen LogP contribution in [0.3, 0.4) is 0 Å². The van der Waals surface area contributed by atoms with E-state index in [0.29, 0.717) is 41.3 Å². The second-order valence-electron chi connectivity index (χ2n) is 8.02. The molecule has 7 nitrogen and oxygen atoms in total. The molecule has 0 fully saturated rings. The molecule has 0 atom stereocenters. The first kappa shape index (κ1) is 23.7. The molecule has 0 bridgehead atoms. The van der Waals surface area contributed by atoms with Crippen LogP contribution < -0.4 is 19.5 Å². The lowest BCUT2D eigenvalue weighted by molar-refractivity contribution is -0.113. The van der Waals surface area contributed by atoms with Gasteiger partial charge in [-0.25, -0.2) is 4.98 Å². The molecule has 0 saturated carbocycles. The van der Waals surface area contributed by atoms with Crippen molar-refractivity contribution in [1.82, 2.24) is 9.97 Å². The number of rotatable bonds is 8. The van der Waals surface area contributed by atoms with Gasteiger partial charge in [0.25, 0.3) is 0 Å². The van der Waals surface area contributed by atoms with E-state index in [1.165, 1.54) is 11.8 Å². The van der Waals surface area contributed by atoms with Gasteiger partial charge in [0.1, 0.15) is 10.8 Å². The number of fused-ring (bicyclic) bond motifs is 2. The Morgan fingerprint density at radius 3 is 2.58 bits per heavy atom. The Hall–Kier alpha value is -4.04. The molecule has 1 amide bonds. The first-order chi connectivity index (χ1) is 17.6. The van der Waals surface area contributed by atoms with Crippen molar-refractivity contribution >= 4 is 23.4 Å². The van der Waals surface area contributed by atoms with E-state index < -0.39 is 0 Å². The highest BCUT2D eigenvalue weighted by Gasteiger charge is 2.27. The number of carbonyl (C=O) groups is 1. The summed E-state index contributed by atoms with van der Waals surface area (Å²) in [6.45, 7) is 2.47. The van der Waals surface area contributed by atoms with Crippen LogP contribution in [0.5, 0.6) is 23.1 Å². The predicted octanol–water partition coefficient (Wildman–Crippen LogP) is 5.98. The Bertz CT molecular complexity index is 1380. The molecule has 1 N–H and O–H groups in total. The van der Waals surface area contributed by atoms with Crippen molar-refractivity contribution in [3.8, 4) is 34.5 Å². The zero-order valence-corrected chi connectivity index (χ0v) is 20.8. The van der Waals surface area contributed by atoms with Crippen LogP contribution in [0.25, 0.3) is 11.4 Å². The molecule has 2 heterocycles. The first-order valence-electron chi connectivity index (χ1n) is 11.6. The van der Waals surface area contributed by atoms with Gasteiger partial charge in [-0.15, -0.1) is 0 Å². The fourth-order valence-corrected chi connectivity index (χ4v) is 4.72. The van der Waals surface area contributed by atoms with E-state index in [1.807, 2.05) is 79.7 Å². The number of thioether (sulfide) groups is 1. The van der Waals surface area contributed by atoms with E-state index >= 15 is 0 Å². The lowest BCUT2D eigenvalue weighted by atomic mass is 10.0. The van der Waals surface area contributed by atoms with Crippen LogP contribution >= 0.6 is 11.8 Å². The number of nitrogens with one attached hydrogen (secondary N) is 1. The van der Waals surface area contributed by atoms with Gasteiger partial charge in [0.15, 0.2) is 17.3 Å². The lowest BCUT2D eigenvalue weighted by Gasteiger charge is -2.23. The summed E-state index contributed by atoms with van der Waals surface area (Å²) in [6.07, 6.45) is 0.580. The molecule has 1 aliphatic heterocycles. The number of para-hydroxylation sites is 2. The normalized spacial score (nSPS) is 11.6. The fourth-order valence-electron chi connectivity index (χ4n) is 3.89. The van der Waals surface area contributed by atoms with E-state index in [-0.39, 0.29) is 11.7 Å². The van der Waals surface area contributed by atoms with Crippen molar-refractivity contribution in [2.24, 2.45) is 0 Å². The van der Waals surface area contributed by atoms with Crippen LogP contribution in [0.4, 0.5) is 5.69 Å². The van der Waals surface area contributed by atoms with E-state index in [9.17, 15) is 4.79 Å². The third-order valence-corrected chi connectivity index (χ3v) is 6.62. The average molecular weight is 500 g/mol. The van der Waals surface area contributed by atoms with Gasteiger partial charge in [-0.3, -0.25) is 4.79 Å². The van der Waals surface area contributed by atoms with Crippen LogP contribution in [-0.4, -0.2) is 35.3 Å². The Kier molecular flexibility index (Phi) is 7.04. The molecule has 182 valence electrons. The minimum Gasteiger partial charge on any atom is -0.497 e. The second kappa shape index (κ2) is 10.7. The van der Waals surface area contributed by atoms with Gasteiger partial charge in [-0.05, 0) is 49.4 Å². The number of amides is 1. The Morgan fingerprint density at radius 2 is 1.83 bits per heavy atom. The molecule has 5 rings (SSSR count). The molecule has 0 saturated heterocycles. The van der Waals surface area contributed by atoms with Gasteiger partial charge in [-0.2, -0.15) is 4.98 Å². The SMILES string of the molecule is CCOc1cccc2c1Oc1nc(-c3ccc(OC)cc3)nc(SCC(=O)Nc3ccccc3)c1C2. The summed E-state index contributed by atoms with van der Waals surface area (Å²) in [7, 11) is 1.63. The maximum Gasteiger partial charge on any atom is 0.234 e. The predicted molar refractivity (Wildman–Crippen MR) is 140 cm³/mol. The average Bonchev–Trinajstić information content (AvgIpc) is 2.91. The summed E-state index contributed by atoms with van der Waals surface area (Å²) >= 11 is 1.37. The van der Waals surface area contributed by atoms with Gasteiger partial charge in [0.05, 0.1) is 25.0 Å². The molecule has 0 spiro atoms. The summed E-state index contributed by atoms with van der Waals surface area (Å²) in [5.74, 6) is 3.18. The summed E-state index contributed by atoms with van der Waals surface area (Å²) in [5, 5.41) is 3.63. The molecule has 0 unspecified atom stereocenters. The third kappa shape index (κ3) is 5.13. The van der Waals surface area contributed by atoms with Crippen molar-refractivity contribution in [3.63, 3.8) is 0 Å². The van der Waals surface area contributed by atoms with Gasteiger partial charge >= 0.3 is 0 Å². The standard InChI is InChI=1S/C28H25N3O4S/c1-3-34-23-11-7-8-19-16-22-27(35-25(19)23)30-26(18-12-14-21(33-2)15-13-18)31-28(22)36-17-24(32)29-20-9-5-4-6-10-20/h4-15H,3,16-17H2,1-2H3,(H,29,32). The topological polar surface area (TPSA) is 82.6 Å². The van der Waals surface area contributed by atoms with Crippen LogP contribution in [-0.2, 0) is 11.2 Å². The highest BCUT2D eigenvalue weighted by Crippen LogP contribution is 2.44. The zero-order valence-electron chi connectivity index (χ0n) is 20.0. The van der Waals surface area contributed by atoms with Crippen molar-refractivity contribution in [2.45, 2.75) is 18.4 Å². The van der Waals surface area contributed by atoms with Crippen molar-refractivity contribution in [1.29, 1.82) is 0 Å². The van der Waals surface area contributed by atoms with Crippen LogP contribution in [0.15, 0.2) is 77.8 Å². The van der Waals surface area contributed by atoms with Gasteiger partial charge < -0.3 is 19.5 Å². The van der Waals surface area contributed by atoms with Crippen molar-refractivity contribution < 1.29 is 19.0 Å². The lowest BCUT2D eigenvalue weighted by Crippen LogP contribution is -2.15.